The lowest BCUT2D eigenvalue weighted by atomic mass is 10.1. The molecule has 1 amide bonds. The maximum atomic E-state index is 13.2. The van der Waals surface area contributed by atoms with E-state index in [1.54, 1.807) is 37.3 Å². The number of amides is 1. The van der Waals surface area contributed by atoms with Crippen LogP contribution in [0.3, 0.4) is 0 Å². The number of rotatable bonds is 4. The number of nitriles is 1. The van der Waals surface area contributed by atoms with E-state index < -0.39 is 11.7 Å². The molecule has 0 atom stereocenters. The molecule has 2 rings (SSSR count). The molecular formula is C16H13FN2O2. The molecule has 106 valence electrons. The first-order valence-corrected chi connectivity index (χ1v) is 6.27. The highest BCUT2D eigenvalue weighted by molar-refractivity contribution is 6.05. The molecule has 2 aromatic carbocycles. The summed E-state index contributed by atoms with van der Waals surface area (Å²) in [6.45, 7) is 1.67. The normalized spacial score (nSPS) is 9.76. The minimum absolute atomic E-state index is 0.0690. The lowest BCUT2D eigenvalue weighted by Crippen LogP contribution is -2.13. The second-order valence-corrected chi connectivity index (χ2v) is 4.39. The molecule has 21 heavy (non-hydrogen) atoms. The molecule has 0 radical (unpaired) electrons. The molecule has 0 unspecified atom stereocenters. The fourth-order valence-electron chi connectivity index (χ4n) is 1.82. The summed E-state index contributed by atoms with van der Waals surface area (Å²) in [6.07, 6.45) is 0. The molecule has 0 fully saturated rings. The summed E-state index contributed by atoms with van der Waals surface area (Å²) in [7, 11) is 0. The largest absolute Gasteiger partial charge is 0.479 e. The summed E-state index contributed by atoms with van der Waals surface area (Å²) in [5.41, 5.74) is 1.48. The molecule has 0 saturated carbocycles. The molecule has 4 nitrogen and oxygen atoms in total. The van der Waals surface area contributed by atoms with Crippen LogP contribution in [0.4, 0.5) is 10.1 Å². The number of benzene rings is 2. The topological polar surface area (TPSA) is 62.1 Å². The highest BCUT2D eigenvalue weighted by atomic mass is 19.1. The summed E-state index contributed by atoms with van der Waals surface area (Å²) >= 11 is 0. The van der Waals surface area contributed by atoms with E-state index in [1.807, 2.05) is 6.07 Å². The van der Waals surface area contributed by atoms with E-state index in [0.29, 0.717) is 17.0 Å². The van der Waals surface area contributed by atoms with Crippen molar-refractivity contribution in [2.24, 2.45) is 0 Å². The zero-order valence-corrected chi connectivity index (χ0v) is 11.4. The summed E-state index contributed by atoms with van der Waals surface area (Å²) in [6, 6.07) is 12.6. The van der Waals surface area contributed by atoms with Gasteiger partial charge in [0.15, 0.2) is 6.61 Å². The molecule has 0 aliphatic carbocycles. The van der Waals surface area contributed by atoms with Crippen LogP contribution in [0.2, 0.25) is 0 Å². The zero-order chi connectivity index (χ0) is 15.2. The van der Waals surface area contributed by atoms with Crippen LogP contribution < -0.4 is 10.1 Å². The third kappa shape index (κ3) is 3.80. The highest BCUT2D eigenvalue weighted by Crippen LogP contribution is 2.19. The highest BCUT2D eigenvalue weighted by Gasteiger charge is 2.10. The first kappa shape index (κ1) is 14.5. The van der Waals surface area contributed by atoms with E-state index in [-0.39, 0.29) is 12.2 Å². The van der Waals surface area contributed by atoms with Gasteiger partial charge in [0.25, 0.3) is 5.91 Å². The van der Waals surface area contributed by atoms with Crippen molar-refractivity contribution < 1.29 is 13.9 Å². The van der Waals surface area contributed by atoms with E-state index in [9.17, 15) is 9.18 Å². The summed E-state index contributed by atoms with van der Waals surface area (Å²) in [5.74, 6) is -0.383. The zero-order valence-electron chi connectivity index (χ0n) is 11.4. The number of nitrogens with zero attached hydrogens (tertiary/aromatic N) is 1. The van der Waals surface area contributed by atoms with Gasteiger partial charge in [0.2, 0.25) is 0 Å². The van der Waals surface area contributed by atoms with Gasteiger partial charge in [0.1, 0.15) is 17.6 Å². The van der Waals surface area contributed by atoms with Crippen LogP contribution >= 0.6 is 0 Å². The lowest BCUT2D eigenvalue weighted by Gasteiger charge is -2.09. The van der Waals surface area contributed by atoms with Crippen molar-refractivity contribution in [2.75, 3.05) is 11.9 Å². The number of anilines is 1. The quantitative estimate of drug-likeness (QED) is 0.937. The number of ether oxygens (including phenoxy) is 1. The Bertz CT molecular complexity index is 708. The molecule has 0 aliphatic rings. The van der Waals surface area contributed by atoms with Gasteiger partial charge in [-0.2, -0.15) is 5.26 Å². The number of carbonyl (C=O) groups excluding carboxylic acids is 1. The first-order valence-electron chi connectivity index (χ1n) is 6.27. The Labute approximate surface area is 121 Å². The standard InChI is InChI=1S/C16H13FN2O2/c1-11-5-6-12(17)9-15(11)16(20)19-13-3-2-4-14(10-13)21-8-7-18/h2-6,9-10H,8H2,1H3,(H,19,20). The maximum Gasteiger partial charge on any atom is 0.256 e. The van der Waals surface area contributed by atoms with E-state index in [1.165, 1.54) is 12.1 Å². The number of carbonyl (C=O) groups is 1. The van der Waals surface area contributed by atoms with Gasteiger partial charge in [-0.1, -0.05) is 12.1 Å². The number of hydrogen-bond acceptors (Lipinski definition) is 3. The molecule has 0 bridgehead atoms. The summed E-state index contributed by atoms with van der Waals surface area (Å²) < 4.78 is 18.4. The molecule has 2 aromatic rings. The van der Waals surface area contributed by atoms with Crippen LogP contribution in [0, 0.1) is 24.1 Å². The van der Waals surface area contributed by atoms with Gasteiger partial charge >= 0.3 is 0 Å². The monoisotopic (exact) mass is 284 g/mol. The summed E-state index contributed by atoms with van der Waals surface area (Å²) in [5, 5.41) is 11.1. The number of aryl methyl sites for hydroxylation is 1. The van der Waals surface area contributed by atoms with Crippen molar-refractivity contribution in [3.05, 3.63) is 59.4 Å². The fourth-order valence-corrected chi connectivity index (χ4v) is 1.82. The predicted molar refractivity (Wildman–Crippen MR) is 76.6 cm³/mol. The first-order chi connectivity index (χ1) is 10.1. The Balaban J connectivity index is 2.16. The lowest BCUT2D eigenvalue weighted by molar-refractivity contribution is 0.102. The third-order valence-corrected chi connectivity index (χ3v) is 2.84. The van der Waals surface area contributed by atoms with Gasteiger partial charge in [-0.15, -0.1) is 0 Å². The van der Waals surface area contributed by atoms with E-state index >= 15 is 0 Å². The average Bonchev–Trinajstić information content (AvgIpc) is 2.48. The van der Waals surface area contributed by atoms with Gasteiger partial charge < -0.3 is 10.1 Å². The average molecular weight is 284 g/mol. The third-order valence-electron chi connectivity index (χ3n) is 2.84. The van der Waals surface area contributed by atoms with Crippen LogP contribution in [0.25, 0.3) is 0 Å². The minimum atomic E-state index is -0.461. The van der Waals surface area contributed by atoms with E-state index in [0.717, 1.165) is 0 Å². The van der Waals surface area contributed by atoms with E-state index in [4.69, 9.17) is 10.00 Å². The Hall–Kier alpha value is -2.87. The van der Waals surface area contributed by atoms with Crippen LogP contribution in [-0.2, 0) is 0 Å². The van der Waals surface area contributed by atoms with Crippen molar-refractivity contribution in [1.29, 1.82) is 5.26 Å². The Morgan fingerprint density at radius 3 is 2.90 bits per heavy atom. The van der Waals surface area contributed by atoms with Gasteiger partial charge in [-0.05, 0) is 36.8 Å². The Morgan fingerprint density at radius 2 is 2.14 bits per heavy atom. The van der Waals surface area contributed by atoms with Gasteiger partial charge in [-0.25, -0.2) is 4.39 Å². The fraction of sp³-hybridized carbons (Fsp3) is 0.125. The molecule has 5 heteroatoms. The SMILES string of the molecule is Cc1ccc(F)cc1C(=O)Nc1cccc(OCC#N)c1. The molecule has 0 aromatic heterocycles. The van der Waals surface area contributed by atoms with Gasteiger partial charge in [0, 0.05) is 17.3 Å². The molecular weight excluding hydrogens is 271 g/mol. The van der Waals surface area contributed by atoms with Gasteiger partial charge in [0.05, 0.1) is 0 Å². The molecule has 0 spiro atoms. The number of nitrogens with one attached hydrogen (secondary N) is 1. The minimum Gasteiger partial charge on any atom is -0.479 e. The van der Waals surface area contributed by atoms with Gasteiger partial charge in [-0.3, -0.25) is 4.79 Å². The van der Waals surface area contributed by atoms with Crippen molar-refractivity contribution in [2.45, 2.75) is 6.92 Å². The number of halogens is 1. The second kappa shape index (κ2) is 6.53. The van der Waals surface area contributed by atoms with E-state index in [2.05, 4.69) is 5.32 Å². The Kier molecular flexibility index (Phi) is 4.52. The van der Waals surface area contributed by atoms with Crippen molar-refractivity contribution in [1.82, 2.24) is 0 Å². The molecule has 0 saturated heterocycles. The van der Waals surface area contributed by atoms with Crippen LogP contribution in [0.15, 0.2) is 42.5 Å². The predicted octanol–water partition coefficient (Wildman–Crippen LogP) is 3.29. The maximum absolute atomic E-state index is 13.2. The molecule has 0 aliphatic heterocycles. The molecule has 0 heterocycles. The Morgan fingerprint density at radius 1 is 1.33 bits per heavy atom. The van der Waals surface area contributed by atoms with Crippen molar-refractivity contribution in [3.63, 3.8) is 0 Å². The van der Waals surface area contributed by atoms with Crippen LogP contribution in [0.5, 0.6) is 5.75 Å². The smallest absolute Gasteiger partial charge is 0.256 e. The number of hydrogen-bond donors (Lipinski definition) is 1. The summed E-state index contributed by atoms with van der Waals surface area (Å²) in [4.78, 5) is 12.1. The van der Waals surface area contributed by atoms with Crippen LogP contribution in [0.1, 0.15) is 15.9 Å². The van der Waals surface area contributed by atoms with Crippen molar-refractivity contribution >= 4 is 11.6 Å². The van der Waals surface area contributed by atoms with Crippen molar-refractivity contribution in [3.8, 4) is 11.8 Å². The van der Waals surface area contributed by atoms with Crippen LogP contribution in [-0.4, -0.2) is 12.5 Å². The second-order valence-electron chi connectivity index (χ2n) is 4.39. The molecule has 1 N–H and O–H groups in total.